The molecule has 0 radical (unpaired) electrons. The lowest BCUT2D eigenvalue weighted by molar-refractivity contribution is -0.605. The van der Waals surface area contributed by atoms with Gasteiger partial charge in [0.25, 0.3) is 5.91 Å². The molecule has 74 valence electrons. The average molecular weight is 192 g/mol. The maximum atomic E-state index is 11.8. The Kier molecular flexibility index (Phi) is 2.35. The van der Waals surface area contributed by atoms with Crippen molar-refractivity contribution < 1.29 is 9.52 Å². The minimum atomic E-state index is 0.0306. The monoisotopic (exact) mass is 192 g/mol. The third kappa shape index (κ3) is 1.69. The summed E-state index contributed by atoms with van der Waals surface area (Å²) in [5, 5.41) is 10.8. The van der Waals surface area contributed by atoms with Gasteiger partial charge < -0.3 is 10.1 Å². The van der Waals surface area contributed by atoms with Gasteiger partial charge in [0.1, 0.15) is 0 Å². The second kappa shape index (κ2) is 3.65. The predicted octanol–water partition coefficient (Wildman–Crippen LogP) is 0.556. The van der Waals surface area contributed by atoms with Crippen LogP contribution in [-0.2, 0) is 0 Å². The van der Waals surface area contributed by atoms with Crippen LogP contribution in [0.15, 0.2) is 24.5 Å². The summed E-state index contributed by atoms with van der Waals surface area (Å²) >= 11 is 0. The summed E-state index contributed by atoms with van der Waals surface area (Å²) in [6, 6.07) is 3.13. The molecule has 4 nitrogen and oxygen atoms in total. The Morgan fingerprint density at radius 3 is 2.43 bits per heavy atom. The number of amides is 1. The van der Waals surface area contributed by atoms with Gasteiger partial charge in [0.2, 0.25) is 0 Å². The third-order valence-corrected chi connectivity index (χ3v) is 2.44. The molecule has 1 saturated heterocycles. The van der Waals surface area contributed by atoms with Crippen LogP contribution in [0.2, 0.25) is 0 Å². The molecule has 1 aromatic heterocycles. The van der Waals surface area contributed by atoms with E-state index >= 15 is 0 Å². The Morgan fingerprint density at radius 1 is 1.29 bits per heavy atom. The Morgan fingerprint density at radius 2 is 1.86 bits per heavy atom. The summed E-state index contributed by atoms with van der Waals surface area (Å²) in [5.74, 6) is 0.0306. The zero-order valence-corrected chi connectivity index (χ0v) is 7.85. The Bertz CT molecular complexity index is 328. The van der Waals surface area contributed by atoms with Crippen LogP contribution in [0.1, 0.15) is 23.2 Å². The summed E-state index contributed by atoms with van der Waals surface area (Å²) in [6.07, 6.45) is 4.87. The maximum absolute atomic E-state index is 11.8. The molecule has 0 aromatic carbocycles. The van der Waals surface area contributed by atoms with Gasteiger partial charge in [-0.2, -0.15) is 4.73 Å². The number of hydrogen-bond donors (Lipinski definition) is 0. The number of aromatic nitrogens is 1. The second-order valence-corrected chi connectivity index (χ2v) is 3.45. The van der Waals surface area contributed by atoms with Crippen molar-refractivity contribution in [1.82, 2.24) is 4.90 Å². The largest absolute Gasteiger partial charge is 0.619 e. The second-order valence-electron chi connectivity index (χ2n) is 3.45. The molecule has 1 fully saturated rings. The van der Waals surface area contributed by atoms with Gasteiger partial charge in [-0.3, -0.25) is 4.79 Å². The van der Waals surface area contributed by atoms with E-state index in [9.17, 15) is 10.0 Å². The zero-order chi connectivity index (χ0) is 9.97. The van der Waals surface area contributed by atoms with E-state index in [4.69, 9.17) is 0 Å². The molecular weight excluding hydrogens is 180 g/mol. The summed E-state index contributed by atoms with van der Waals surface area (Å²) < 4.78 is 0.681. The standard InChI is InChI=1S/C10H12N2O2/c13-10(11-5-1-2-6-11)9-3-7-12(14)8-4-9/h3-4,7-8H,1-2,5-6H2. The molecular formula is C10H12N2O2. The lowest BCUT2D eigenvalue weighted by Gasteiger charge is -2.14. The first-order valence-electron chi connectivity index (χ1n) is 4.75. The van der Waals surface area contributed by atoms with Gasteiger partial charge in [-0.25, -0.2) is 0 Å². The Hall–Kier alpha value is -1.58. The van der Waals surface area contributed by atoms with Gasteiger partial charge in [0.05, 0.1) is 5.56 Å². The van der Waals surface area contributed by atoms with Gasteiger partial charge in [-0.05, 0) is 12.8 Å². The highest BCUT2D eigenvalue weighted by Crippen LogP contribution is 2.11. The van der Waals surface area contributed by atoms with Crippen LogP contribution in [0.5, 0.6) is 0 Å². The molecule has 1 amide bonds. The molecule has 0 N–H and O–H groups in total. The van der Waals surface area contributed by atoms with Crippen molar-refractivity contribution in [3.63, 3.8) is 0 Å². The fraction of sp³-hybridized carbons (Fsp3) is 0.400. The van der Waals surface area contributed by atoms with E-state index in [0.29, 0.717) is 10.3 Å². The van der Waals surface area contributed by atoms with Crippen molar-refractivity contribution in [2.75, 3.05) is 13.1 Å². The maximum Gasteiger partial charge on any atom is 0.254 e. The minimum Gasteiger partial charge on any atom is -0.619 e. The third-order valence-electron chi connectivity index (χ3n) is 2.44. The Balaban J connectivity index is 2.14. The molecule has 0 aliphatic carbocycles. The van der Waals surface area contributed by atoms with Crippen LogP contribution in [-0.4, -0.2) is 23.9 Å². The van der Waals surface area contributed by atoms with Crippen LogP contribution >= 0.6 is 0 Å². The molecule has 0 unspecified atom stereocenters. The fourth-order valence-corrected chi connectivity index (χ4v) is 1.66. The molecule has 2 rings (SSSR count). The first-order valence-corrected chi connectivity index (χ1v) is 4.75. The highest BCUT2D eigenvalue weighted by atomic mass is 16.5. The number of pyridine rings is 1. The quantitative estimate of drug-likeness (QED) is 0.482. The first kappa shape index (κ1) is 8.99. The molecule has 1 aliphatic heterocycles. The van der Waals surface area contributed by atoms with Gasteiger partial charge in [-0.1, -0.05) is 0 Å². The van der Waals surface area contributed by atoms with Gasteiger partial charge in [0, 0.05) is 25.2 Å². The predicted molar refractivity (Wildman–Crippen MR) is 50.5 cm³/mol. The van der Waals surface area contributed by atoms with E-state index in [-0.39, 0.29) is 5.91 Å². The number of likely N-dealkylation sites (tertiary alicyclic amines) is 1. The van der Waals surface area contributed by atoms with Crippen LogP contribution in [0.25, 0.3) is 0 Å². The van der Waals surface area contributed by atoms with E-state index in [1.807, 2.05) is 4.90 Å². The number of carbonyl (C=O) groups is 1. The van der Waals surface area contributed by atoms with Crippen molar-refractivity contribution in [2.24, 2.45) is 0 Å². The molecule has 14 heavy (non-hydrogen) atoms. The lowest BCUT2D eigenvalue weighted by Crippen LogP contribution is -2.30. The highest BCUT2D eigenvalue weighted by Gasteiger charge is 2.19. The van der Waals surface area contributed by atoms with Crippen LogP contribution in [0, 0.1) is 5.21 Å². The smallest absolute Gasteiger partial charge is 0.254 e. The Labute approximate surface area is 82.3 Å². The zero-order valence-electron chi connectivity index (χ0n) is 7.85. The van der Waals surface area contributed by atoms with Crippen molar-refractivity contribution in [1.29, 1.82) is 0 Å². The molecule has 0 spiro atoms. The van der Waals surface area contributed by atoms with E-state index in [1.165, 1.54) is 12.4 Å². The molecule has 0 bridgehead atoms. The molecule has 0 saturated carbocycles. The molecule has 2 heterocycles. The average Bonchev–Trinajstić information content (AvgIpc) is 2.71. The summed E-state index contributed by atoms with van der Waals surface area (Å²) in [4.78, 5) is 13.6. The topological polar surface area (TPSA) is 47.2 Å². The number of rotatable bonds is 1. The molecule has 1 aromatic rings. The summed E-state index contributed by atoms with van der Waals surface area (Å²) in [7, 11) is 0. The molecule has 0 atom stereocenters. The van der Waals surface area contributed by atoms with E-state index in [0.717, 1.165) is 25.9 Å². The van der Waals surface area contributed by atoms with E-state index < -0.39 is 0 Å². The number of carbonyl (C=O) groups excluding carboxylic acids is 1. The fourth-order valence-electron chi connectivity index (χ4n) is 1.66. The number of hydrogen-bond acceptors (Lipinski definition) is 2. The van der Waals surface area contributed by atoms with E-state index in [1.54, 1.807) is 12.1 Å². The summed E-state index contributed by atoms with van der Waals surface area (Å²) in [5.41, 5.74) is 0.596. The highest BCUT2D eigenvalue weighted by molar-refractivity contribution is 5.94. The van der Waals surface area contributed by atoms with Crippen molar-refractivity contribution in [3.8, 4) is 0 Å². The minimum absolute atomic E-state index is 0.0306. The molecule has 4 heteroatoms. The van der Waals surface area contributed by atoms with Gasteiger partial charge >= 0.3 is 0 Å². The van der Waals surface area contributed by atoms with Crippen LogP contribution < -0.4 is 4.73 Å². The SMILES string of the molecule is O=C(c1cc[n+]([O-])cc1)N1CCCC1. The molecule has 1 aliphatic rings. The summed E-state index contributed by atoms with van der Waals surface area (Å²) in [6.45, 7) is 1.68. The number of nitrogens with zero attached hydrogens (tertiary/aromatic N) is 2. The van der Waals surface area contributed by atoms with Crippen molar-refractivity contribution in [2.45, 2.75) is 12.8 Å². The van der Waals surface area contributed by atoms with Crippen LogP contribution in [0.4, 0.5) is 0 Å². The van der Waals surface area contributed by atoms with Gasteiger partial charge in [0.15, 0.2) is 12.4 Å². The normalized spacial score (nSPS) is 15.9. The first-order chi connectivity index (χ1) is 6.77. The van der Waals surface area contributed by atoms with Crippen LogP contribution in [0.3, 0.4) is 0 Å². The lowest BCUT2D eigenvalue weighted by atomic mass is 10.2. The van der Waals surface area contributed by atoms with E-state index in [2.05, 4.69) is 0 Å². The van der Waals surface area contributed by atoms with Crippen molar-refractivity contribution in [3.05, 3.63) is 35.3 Å². The van der Waals surface area contributed by atoms with Gasteiger partial charge in [-0.15, -0.1) is 0 Å². The van der Waals surface area contributed by atoms with Crippen molar-refractivity contribution >= 4 is 5.91 Å².